The second-order valence-corrected chi connectivity index (χ2v) is 3.99. The Hall–Kier alpha value is -0.370. The third-order valence-electron chi connectivity index (χ3n) is 1.26. The van der Waals surface area contributed by atoms with Crippen LogP contribution in [0.4, 0.5) is 0 Å². The normalized spacial score (nSPS) is 10.4. The average Bonchev–Trinajstić information content (AvgIpc) is 2.40. The maximum absolute atomic E-state index is 10.3. The van der Waals surface area contributed by atoms with Crippen LogP contribution in [0.1, 0.15) is 5.76 Å². The van der Waals surface area contributed by atoms with E-state index in [2.05, 4.69) is 37.3 Å². The van der Waals surface area contributed by atoms with Crippen molar-refractivity contribution in [3.63, 3.8) is 0 Å². The number of hydrogen-bond acceptors (Lipinski definition) is 4. The zero-order valence-corrected chi connectivity index (χ0v) is 10.2. The van der Waals surface area contributed by atoms with Crippen molar-refractivity contribution in [1.29, 1.82) is 0 Å². The number of nitrogens with two attached hydrogens (primary N) is 1. The van der Waals surface area contributed by atoms with Gasteiger partial charge >= 0.3 is 0 Å². The maximum Gasteiger partial charge on any atom is 0.245 e. The Kier molecular flexibility index (Phi) is 4.59. The Balaban J connectivity index is 2.28. The molecule has 1 aromatic heterocycles. The van der Waals surface area contributed by atoms with Gasteiger partial charge in [-0.1, -0.05) is 0 Å². The minimum atomic E-state index is -0.528. The molecule has 3 N–H and O–H groups in total. The minimum Gasteiger partial charge on any atom is -0.452 e. The lowest BCUT2D eigenvalue weighted by atomic mass is 10.5. The molecule has 78 valence electrons. The van der Waals surface area contributed by atoms with E-state index in [1.165, 1.54) is 0 Å². The van der Waals surface area contributed by atoms with Crippen LogP contribution in [-0.2, 0) is 16.2 Å². The monoisotopic (exact) mass is 326 g/mol. The number of furan rings is 1. The van der Waals surface area contributed by atoms with E-state index in [4.69, 9.17) is 15.0 Å². The fourth-order valence-corrected chi connectivity index (χ4v) is 1.38. The molecular formula is C7H8Br2N2O3. The van der Waals surface area contributed by atoms with Crippen LogP contribution >= 0.6 is 31.9 Å². The molecule has 0 unspecified atom stereocenters. The van der Waals surface area contributed by atoms with E-state index < -0.39 is 5.91 Å². The van der Waals surface area contributed by atoms with E-state index >= 15 is 0 Å². The van der Waals surface area contributed by atoms with Gasteiger partial charge in [-0.2, -0.15) is 5.48 Å². The summed E-state index contributed by atoms with van der Waals surface area (Å²) in [6.45, 7) is 0.195. The van der Waals surface area contributed by atoms with Gasteiger partial charge in [-0.3, -0.25) is 9.63 Å². The van der Waals surface area contributed by atoms with Gasteiger partial charge in [0.05, 0.1) is 11.0 Å². The molecule has 1 heterocycles. The van der Waals surface area contributed by atoms with Crippen molar-refractivity contribution in [3.05, 3.63) is 21.0 Å². The van der Waals surface area contributed by atoms with Gasteiger partial charge < -0.3 is 10.2 Å². The molecule has 1 aromatic rings. The first-order chi connectivity index (χ1) is 6.59. The summed E-state index contributed by atoms with van der Waals surface area (Å²) in [5, 5.41) is 0. The van der Waals surface area contributed by atoms with Crippen molar-refractivity contribution in [2.45, 2.75) is 6.54 Å². The molecule has 1 amide bonds. The molecular weight excluding hydrogens is 320 g/mol. The van der Waals surface area contributed by atoms with Crippen LogP contribution < -0.4 is 11.2 Å². The summed E-state index contributed by atoms with van der Waals surface area (Å²) in [6, 6.07) is 1.78. The number of nitrogens with one attached hydrogen (secondary N) is 1. The van der Waals surface area contributed by atoms with Crippen LogP contribution in [0.15, 0.2) is 19.6 Å². The van der Waals surface area contributed by atoms with Crippen molar-refractivity contribution in [3.8, 4) is 0 Å². The number of hydrogen-bond donors (Lipinski definition) is 2. The highest BCUT2D eigenvalue weighted by molar-refractivity contribution is 9.13. The number of carbonyl (C=O) groups is 1. The zero-order chi connectivity index (χ0) is 10.6. The van der Waals surface area contributed by atoms with Crippen LogP contribution in [0, 0.1) is 0 Å². The Morgan fingerprint density at radius 2 is 2.36 bits per heavy atom. The van der Waals surface area contributed by atoms with Crippen molar-refractivity contribution >= 4 is 37.8 Å². The zero-order valence-electron chi connectivity index (χ0n) is 7.05. The fourth-order valence-electron chi connectivity index (χ4n) is 0.723. The fraction of sp³-hybridized carbons (Fsp3) is 0.286. The van der Waals surface area contributed by atoms with Crippen molar-refractivity contribution in [2.75, 3.05) is 6.61 Å². The molecule has 0 atom stereocenters. The van der Waals surface area contributed by atoms with E-state index in [-0.39, 0.29) is 6.61 Å². The van der Waals surface area contributed by atoms with Gasteiger partial charge in [0.1, 0.15) is 12.4 Å². The molecule has 0 saturated carbocycles. The van der Waals surface area contributed by atoms with Gasteiger partial charge in [-0.05, 0) is 37.9 Å². The molecule has 1 rings (SSSR count). The number of carbonyl (C=O) groups excluding carboxylic acids is 1. The van der Waals surface area contributed by atoms with Crippen LogP contribution in [0.2, 0.25) is 0 Å². The third kappa shape index (κ3) is 3.79. The predicted octanol–water partition coefficient (Wildman–Crippen LogP) is 1.31. The van der Waals surface area contributed by atoms with Crippen molar-refractivity contribution in [1.82, 2.24) is 5.48 Å². The summed E-state index contributed by atoms with van der Waals surface area (Å²) in [7, 11) is 0. The Bertz CT molecular complexity index is 307. The summed E-state index contributed by atoms with van der Waals surface area (Å²) in [5.74, 6) is 0.146. The standard InChI is InChI=1S/C7H8Br2N2O3/c8-5-1-4(14-7(5)9)2-11-13-3-6(10)12/h1,11H,2-3H2,(H2,10,12). The smallest absolute Gasteiger partial charge is 0.245 e. The second-order valence-electron chi connectivity index (χ2n) is 2.41. The van der Waals surface area contributed by atoms with Crippen LogP contribution in [0.5, 0.6) is 0 Å². The molecule has 0 bridgehead atoms. The predicted molar refractivity (Wildman–Crippen MR) is 56.1 cm³/mol. The van der Waals surface area contributed by atoms with Crippen LogP contribution in [-0.4, -0.2) is 12.5 Å². The molecule has 0 radical (unpaired) electrons. The van der Waals surface area contributed by atoms with E-state index in [1.807, 2.05) is 0 Å². The SMILES string of the molecule is NC(=O)CONCc1cc(Br)c(Br)o1. The van der Waals surface area contributed by atoms with Crippen LogP contribution in [0.3, 0.4) is 0 Å². The lowest BCUT2D eigenvalue weighted by molar-refractivity contribution is -0.125. The largest absolute Gasteiger partial charge is 0.452 e. The molecule has 0 saturated heterocycles. The third-order valence-corrected chi connectivity index (χ3v) is 2.97. The average molecular weight is 328 g/mol. The minimum absolute atomic E-state index is 0.164. The van der Waals surface area contributed by atoms with Gasteiger partial charge in [0.15, 0.2) is 4.67 Å². The van der Waals surface area contributed by atoms with E-state index in [1.54, 1.807) is 6.07 Å². The van der Waals surface area contributed by atoms with Gasteiger partial charge in [0, 0.05) is 0 Å². The topological polar surface area (TPSA) is 77.5 Å². The Morgan fingerprint density at radius 1 is 1.64 bits per heavy atom. The summed E-state index contributed by atoms with van der Waals surface area (Å²) >= 11 is 6.46. The Labute approximate surface area is 97.2 Å². The molecule has 0 fully saturated rings. The summed E-state index contributed by atoms with van der Waals surface area (Å²) < 4.78 is 6.67. The molecule has 0 aromatic carbocycles. The van der Waals surface area contributed by atoms with Crippen molar-refractivity contribution in [2.24, 2.45) is 5.73 Å². The van der Waals surface area contributed by atoms with Gasteiger partial charge in [-0.15, -0.1) is 0 Å². The Morgan fingerprint density at radius 3 is 2.86 bits per heavy atom. The number of halogens is 2. The molecule has 0 aliphatic rings. The molecule has 0 aliphatic carbocycles. The molecule has 14 heavy (non-hydrogen) atoms. The molecule has 5 nitrogen and oxygen atoms in total. The van der Waals surface area contributed by atoms with Gasteiger partial charge in [-0.25, -0.2) is 0 Å². The quantitative estimate of drug-likeness (QED) is 0.631. The highest BCUT2D eigenvalue weighted by Gasteiger charge is 2.05. The van der Waals surface area contributed by atoms with E-state index in [9.17, 15) is 4.79 Å². The van der Waals surface area contributed by atoms with Gasteiger partial charge in [0.25, 0.3) is 0 Å². The molecule has 0 spiro atoms. The summed E-state index contributed by atoms with van der Waals surface area (Å²) in [6.07, 6.45) is 0. The van der Waals surface area contributed by atoms with E-state index in [0.717, 1.165) is 4.47 Å². The number of hydroxylamine groups is 1. The van der Waals surface area contributed by atoms with E-state index in [0.29, 0.717) is 17.0 Å². The maximum atomic E-state index is 10.3. The summed E-state index contributed by atoms with van der Waals surface area (Å²) in [5.41, 5.74) is 7.40. The molecule has 7 heteroatoms. The summed E-state index contributed by atoms with van der Waals surface area (Å²) in [4.78, 5) is 15.0. The second kappa shape index (κ2) is 5.50. The first-order valence-corrected chi connectivity index (χ1v) is 5.25. The highest BCUT2D eigenvalue weighted by atomic mass is 79.9. The van der Waals surface area contributed by atoms with Crippen molar-refractivity contribution < 1.29 is 14.0 Å². The number of amides is 1. The van der Waals surface area contributed by atoms with Gasteiger partial charge in [0.2, 0.25) is 5.91 Å². The number of rotatable bonds is 5. The molecule has 0 aliphatic heterocycles. The highest BCUT2D eigenvalue weighted by Crippen LogP contribution is 2.26. The lowest BCUT2D eigenvalue weighted by Crippen LogP contribution is -2.24. The lowest BCUT2D eigenvalue weighted by Gasteiger charge is -2.00. The number of primary amides is 1. The first-order valence-electron chi connectivity index (χ1n) is 3.66. The van der Waals surface area contributed by atoms with Crippen LogP contribution in [0.25, 0.3) is 0 Å². The first kappa shape index (κ1) is 11.7.